The van der Waals surface area contributed by atoms with Gasteiger partial charge < -0.3 is 19.5 Å². The van der Waals surface area contributed by atoms with Crippen molar-refractivity contribution in [2.45, 2.75) is 25.6 Å². The summed E-state index contributed by atoms with van der Waals surface area (Å²) in [6, 6.07) is 17.5. The second-order valence-electron chi connectivity index (χ2n) is 8.43. The van der Waals surface area contributed by atoms with Gasteiger partial charge in [-0.2, -0.15) is 4.98 Å². The van der Waals surface area contributed by atoms with Gasteiger partial charge in [-0.05, 0) is 17.7 Å². The Kier molecular flexibility index (Phi) is 5.86. The summed E-state index contributed by atoms with van der Waals surface area (Å²) in [5.41, 5.74) is 2.52. The summed E-state index contributed by atoms with van der Waals surface area (Å²) in [6.07, 6.45) is 0.205. The SMILES string of the molecule is COc1ccccc1C1=NOC(Cn2c(NCc3ccccc3)nc3c2c(=O)n(C)c(=O)n3C)C1. The minimum atomic E-state index is -0.430. The number of nitrogens with one attached hydrogen (secondary N) is 1. The summed E-state index contributed by atoms with van der Waals surface area (Å²) in [6.45, 7) is 0.829. The lowest BCUT2D eigenvalue weighted by molar-refractivity contribution is 0.0736. The number of fused-ring (bicyclic) bond motifs is 1. The number of anilines is 1. The number of aryl methyl sites for hydroxylation is 1. The van der Waals surface area contributed by atoms with Crippen LogP contribution in [0.15, 0.2) is 69.3 Å². The van der Waals surface area contributed by atoms with Crippen LogP contribution in [-0.4, -0.2) is 37.6 Å². The Labute approximate surface area is 201 Å². The number of benzene rings is 2. The topological polar surface area (TPSA) is 105 Å². The third-order valence-electron chi connectivity index (χ3n) is 6.18. The molecular weight excluding hydrogens is 448 g/mol. The van der Waals surface area contributed by atoms with Crippen LogP contribution in [0.25, 0.3) is 11.2 Å². The minimum Gasteiger partial charge on any atom is -0.496 e. The number of hydrogen-bond donors (Lipinski definition) is 1. The molecule has 5 rings (SSSR count). The monoisotopic (exact) mass is 474 g/mol. The number of para-hydroxylation sites is 1. The molecule has 0 bridgehead atoms. The molecule has 1 atom stereocenters. The Bertz CT molecular complexity index is 1530. The van der Waals surface area contributed by atoms with Crippen LogP contribution in [0.2, 0.25) is 0 Å². The fraction of sp³-hybridized carbons (Fsp3) is 0.280. The Morgan fingerprint density at radius 2 is 1.80 bits per heavy atom. The van der Waals surface area contributed by atoms with E-state index in [2.05, 4.69) is 15.5 Å². The van der Waals surface area contributed by atoms with Crippen molar-refractivity contribution in [2.24, 2.45) is 19.3 Å². The maximum atomic E-state index is 13.1. The molecule has 0 radical (unpaired) electrons. The van der Waals surface area contributed by atoms with Gasteiger partial charge in [-0.3, -0.25) is 13.9 Å². The summed E-state index contributed by atoms with van der Waals surface area (Å²) >= 11 is 0. The first-order valence-corrected chi connectivity index (χ1v) is 11.3. The van der Waals surface area contributed by atoms with Gasteiger partial charge in [0.2, 0.25) is 5.95 Å². The van der Waals surface area contributed by atoms with Crippen LogP contribution in [-0.2, 0) is 32.0 Å². The van der Waals surface area contributed by atoms with Crippen LogP contribution in [0.3, 0.4) is 0 Å². The van der Waals surface area contributed by atoms with Gasteiger partial charge in [0.05, 0.1) is 19.4 Å². The molecule has 0 saturated carbocycles. The smallest absolute Gasteiger partial charge is 0.332 e. The lowest BCUT2D eigenvalue weighted by Gasteiger charge is -2.14. The molecule has 0 fully saturated rings. The molecular formula is C25H26N6O4. The Morgan fingerprint density at radius 3 is 2.57 bits per heavy atom. The second-order valence-corrected chi connectivity index (χ2v) is 8.43. The number of hydrogen-bond acceptors (Lipinski definition) is 7. The van der Waals surface area contributed by atoms with Crippen molar-refractivity contribution in [3.05, 3.63) is 86.6 Å². The van der Waals surface area contributed by atoms with Crippen LogP contribution in [0.4, 0.5) is 5.95 Å². The van der Waals surface area contributed by atoms with Gasteiger partial charge >= 0.3 is 5.69 Å². The maximum Gasteiger partial charge on any atom is 0.332 e. The molecule has 1 N–H and O–H groups in total. The first-order valence-electron chi connectivity index (χ1n) is 11.3. The number of methoxy groups -OCH3 is 1. The Morgan fingerprint density at radius 1 is 1.06 bits per heavy atom. The van der Waals surface area contributed by atoms with E-state index < -0.39 is 11.2 Å². The van der Waals surface area contributed by atoms with Crippen molar-refractivity contribution >= 4 is 22.8 Å². The molecule has 180 valence electrons. The van der Waals surface area contributed by atoms with E-state index in [0.717, 1.165) is 27.2 Å². The molecule has 2 aromatic carbocycles. The molecule has 2 aromatic heterocycles. The molecule has 10 nitrogen and oxygen atoms in total. The van der Waals surface area contributed by atoms with E-state index in [4.69, 9.17) is 9.57 Å². The molecule has 0 spiro atoms. The molecule has 3 heterocycles. The van der Waals surface area contributed by atoms with Gasteiger partial charge in [-0.1, -0.05) is 47.6 Å². The Hall–Kier alpha value is -4.34. The summed E-state index contributed by atoms with van der Waals surface area (Å²) in [5.74, 6) is 1.20. The van der Waals surface area contributed by atoms with Gasteiger partial charge in [0, 0.05) is 32.6 Å². The molecule has 0 amide bonds. The van der Waals surface area contributed by atoms with E-state index in [1.807, 2.05) is 54.6 Å². The highest BCUT2D eigenvalue weighted by atomic mass is 16.6. The lowest BCUT2D eigenvalue weighted by Crippen LogP contribution is -2.37. The average molecular weight is 475 g/mol. The summed E-state index contributed by atoms with van der Waals surface area (Å²) in [5, 5.41) is 7.62. The molecule has 0 saturated heterocycles. The highest BCUT2D eigenvalue weighted by Gasteiger charge is 2.28. The Balaban J connectivity index is 1.50. The molecule has 35 heavy (non-hydrogen) atoms. The largest absolute Gasteiger partial charge is 0.496 e. The normalized spacial score (nSPS) is 15.2. The first-order chi connectivity index (χ1) is 17.0. The highest BCUT2D eigenvalue weighted by Crippen LogP contribution is 2.26. The number of ether oxygens (including phenoxy) is 1. The highest BCUT2D eigenvalue weighted by molar-refractivity contribution is 6.03. The number of nitrogens with zero attached hydrogens (tertiary/aromatic N) is 5. The fourth-order valence-corrected chi connectivity index (χ4v) is 4.31. The zero-order valence-corrected chi connectivity index (χ0v) is 19.8. The van der Waals surface area contributed by atoms with Gasteiger partial charge in [-0.25, -0.2) is 4.79 Å². The van der Waals surface area contributed by atoms with E-state index in [9.17, 15) is 9.59 Å². The van der Waals surface area contributed by atoms with Crippen molar-refractivity contribution in [3.8, 4) is 5.75 Å². The van der Waals surface area contributed by atoms with Crippen LogP contribution < -0.4 is 21.3 Å². The van der Waals surface area contributed by atoms with Gasteiger partial charge in [-0.15, -0.1) is 0 Å². The van der Waals surface area contributed by atoms with E-state index in [-0.39, 0.29) is 6.10 Å². The molecule has 10 heteroatoms. The van der Waals surface area contributed by atoms with Gasteiger partial charge in [0.1, 0.15) is 5.75 Å². The average Bonchev–Trinajstić information content (AvgIpc) is 3.50. The predicted molar refractivity (Wildman–Crippen MR) is 133 cm³/mol. The number of aromatic nitrogens is 4. The number of imidazole rings is 1. The van der Waals surface area contributed by atoms with E-state index in [1.54, 1.807) is 18.7 Å². The minimum absolute atomic E-state index is 0.317. The molecule has 4 aromatic rings. The molecule has 1 unspecified atom stereocenters. The van der Waals surface area contributed by atoms with E-state index in [0.29, 0.717) is 36.6 Å². The predicted octanol–water partition coefficient (Wildman–Crippen LogP) is 2.25. The molecule has 1 aliphatic heterocycles. The number of oxime groups is 1. The van der Waals surface area contributed by atoms with Crippen molar-refractivity contribution in [2.75, 3.05) is 12.4 Å². The first kappa shape index (κ1) is 22.5. The summed E-state index contributed by atoms with van der Waals surface area (Å²) < 4.78 is 9.72. The standard InChI is InChI=1S/C25H26N6O4/c1-29-22-21(23(32)30(2)25(29)33)31(24(27-22)26-14-16-9-5-4-6-10-16)15-17-13-19(28-35-17)18-11-7-8-12-20(18)34-3/h4-12,17H,13-15H2,1-3H3,(H,26,27). The maximum absolute atomic E-state index is 13.1. The van der Waals surface area contributed by atoms with Crippen molar-refractivity contribution < 1.29 is 9.57 Å². The third kappa shape index (κ3) is 4.07. The molecule has 1 aliphatic rings. The van der Waals surface area contributed by atoms with Gasteiger partial charge in [0.15, 0.2) is 17.3 Å². The second kappa shape index (κ2) is 9.13. The fourth-order valence-electron chi connectivity index (χ4n) is 4.31. The number of rotatable bonds is 7. The van der Waals surface area contributed by atoms with Crippen LogP contribution >= 0.6 is 0 Å². The van der Waals surface area contributed by atoms with Crippen LogP contribution in [0.5, 0.6) is 5.75 Å². The zero-order chi connectivity index (χ0) is 24.5. The van der Waals surface area contributed by atoms with Crippen LogP contribution in [0.1, 0.15) is 17.5 Å². The quantitative estimate of drug-likeness (QED) is 0.441. The summed E-state index contributed by atoms with van der Waals surface area (Å²) in [4.78, 5) is 36.0. The van der Waals surface area contributed by atoms with E-state index in [1.165, 1.54) is 11.6 Å². The molecule has 0 aliphatic carbocycles. The summed E-state index contributed by atoms with van der Waals surface area (Å²) in [7, 11) is 4.69. The van der Waals surface area contributed by atoms with Crippen molar-refractivity contribution in [1.82, 2.24) is 18.7 Å². The zero-order valence-electron chi connectivity index (χ0n) is 19.8. The van der Waals surface area contributed by atoms with E-state index >= 15 is 0 Å². The third-order valence-corrected chi connectivity index (χ3v) is 6.18. The van der Waals surface area contributed by atoms with Crippen LogP contribution in [0, 0.1) is 0 Å². The van der Waals surface area contributed by atoms with Crippen molar-refractivity contribution in [1.29, 1.82) is 0 Å². The lowest BCUT2D eigenvalue weighted by atomic mass is 10.0. The van der Waals surface area contributed by atoms with Crippen molar-refractivity contribution in [3.63, 3.8) is 0 Å². The van der Waals surface area contributed by atoms with Gasteiger partial charge in [0.25, 0.3) is 5.56 Å².